The number of hydrogen-bond donors (Lipinski definition) is 2. The van der Waals surface area contributed by atoms with Crippen molar-refractivity contribution >= 4 is 11.8 Å². The summed E-state index contributed by atoms with van der Waals surface area (Å²) in [5.41, 5.74) is 6.38. The van der Waals surface area contributed by atoms with Crippen LogP contribution in [0.25, 0.3) is 0 Å². The van der Waals surface area contributed by atoms with Gasteiger partial charge < -0.3 is 15.4 Å². The van der Waals surface area contributed by atoms with E-state index >= 15 is 0 Å². The third kappa shape index (κ3) is 4.14. The molecule has 7 nitrogen and oxygen atoms in total. The standard InChI is InChI=1S/C17H26N4O3/c18-17(23)15-10-14(19-20-15)12-4-3-8-21(11-12)16(22)7-6-13-5-1-2-9-24-13/h10,12-13H,1-9,11H2,(H2,18,23)(H,19,20). The van der Waals surface area contributed by atoms with Crippen LogP contribution in [0.5, 0.6) is 0 Å². The molecule has 2 fully saturated rings. The molecule has 0 aromatic carbocycles. The number of nitrogens with two attached hydrogens (primary N) is 1. The molecule has 1 aromatic rings. The molecule has 1 aromatic heterocycles. The topological polar surface area (TPSA) is 101 Å². The van der Waals surface area contributed by atoms with Crippen LogP contribution in [0.2, 0.25) is 0 Å². The zero-order valence-corrected chi connectivity index (χ0v) is 14.0. The summed E-state index contributed by atoms with van der Waals surface area (Å²) in [4.78, 5) is 25.6. The number of piperidine rings is 1. The van der Waals surface area contributed by atoms with E-state index in [1.165, 1.54) is 6.42 Å². The van der Waals surface area contributed by atoms with E-state index in [1.807, 2.05) is 4.90 Å². The molecule has 0 aliphatic carbocycles. The lowest BCUT2D eigenvalue weighted by Crippen LogP contribution is -2.39. The van der Waals surface area contributed by atoms with Gasteiger partial charge in [0, 0.05) is 37.7 Å². The Labute approximate surface area is 141 Å². The Morgan fingerprint density at radius 1 is 1.33 bits per heavy atom. The number of nitrogens with zero attached hydrogens (tertiary/aromatic N) is 2. The van der Waals surface area contributed by atoms with E-state index in [-0.39, 0.29) is 23.6 Å². The molecule has 0 bridgehead atoms. The molecule has 2 aliphatic rings. The first-order chi connectivity index (χ1) is 11.6. The van der Waals surface area contributed by atoms with Gasteiger partial charge in [-0.3, -0.25) is 14.7 Å². The van der Waals surface area contributed by atoms with Gasteiger partial charge in [0.1, 0.15) is 5.69 Å². The van der Waals surface area contributed by atoms with Crippen LogP contribution in [0.4, 0.5) is 0 Å². The van der Waals surface area contributed by atoms with Crippen molar-refractivity contribution in [1.29, 1.82) is 0 Å². The number of rotatable bonds is 5. The maximum absolute atomic E-state index is 12.5. The van der Waals surface area contributed by atoms with Gasteiger partial charge in [0.2, 0.25) is 5.91 Å². The normalized spacial score (nSPS) is 24.8. The van der Waals surface area contributed by atoms with Crippen LogP contribution < -0.4 is 5.73 Å². The summed E-state index contributed by atoms with van der Waals surface area (Å²) in [6.07, 6.45) is 6.96. The van der Waals surface area contributed by atoms with Gasteiger partial charge >= 0.3 is 0 Å². The highest BCUT2D eigenvalue weighted by Gasteiger charge is 2.27. The summed E-state index contributed by atoms with van der Waals surface area (Å²) in [6.45, 7) is 2.30. The number of ether oxygens (including phenoxy) is 1. The smallest absolute Gasteiger partial charge is 0.269 e. The Kier molecular flexibility index (Phi) is 5.50. The van der Waals surface area contributed by atoms with E-state index < -0.39 is 5.91 Å². The maximum Gasteiger partial charge on any atom is 0.269 e. The molecule has 2 unspecified atom stereocenters. The minimum Gasteiger partial charge on any atom is -0.378 e. The van der Waals surface area contributed by atoms with E-state index in [1.54, 1.807) is 6.07 Å². The second-order valence-corrected chi connectivity index (χ2v) is 6.78. The first-order valence-corrected chi connectivity index (χ1v) is 8.88. The summed E-state index contributed by atoms with van der Waals surface area (Å²) in [5.74, 6) is -0.147. The summed E-state index contributed by atoms with van der Waals surface area (Å²) in [5, 5.41) is 6.83. The van der Waals surface area contributed by atoms with E-state index in [9.17, 15) is 9.59 Å². The molecule has 0 saturated carbocycles. The summed E-state index contributed by atoms with van der Waals surface area (Å²) in [6, 6.07) is 1.71. The Bertz CT molecular complexity index is 580. The number of amides is 2. The third-order valence-corrected chi connectivity index (χ3v) is 5.02. The SMILES string of the molecule is NC(=O)c1cc(C2CCCN(C(=O)CCC3CCCCO3)C2)[nH]n1. The van der Waals surface area contributed by atoms with Crippen molar-refractivity contribution in [2.45, 2.75) is 57.0 Å². The summed E-state index contributed by atoms with van der Waals surface area (Å²) < 4.78 is 5.70. The zero-order valence-electron chi connectivity index (χ0n) is 14.0. The Hall–Kier alpha value is -1.89. The molecule has 0 spiro atoms. The molecule has 7 heteroatoms. The number of aromatic amines is 1. The largest absolute Gasteiger partial charge is 0.378 e. The lowest BCUT2D eigenvalue weighted by molar-refractivity contribution is -0.133. The lowest BCUT2D eigenvalue weighted by Gasteiger charge is -2.33. The van der Waals surface area contributed by atoms with Crippen LogP contribution >= 0.6 is 0 Å². The third-order valence-electron chi connectivity index (χ3n) is 5.02. The van der Waals surface area contributed by atoms with Crippen LogP contribution in [0.15, 0.2) is 6.07 Å². The summed E-state index contributed by atoms with van der Waals surface area (Å²) >= 11 is 0. The molecule has 2 atom stereocenters. The number of hydrogen-bond acceptors (Lipinski definition) is 4. The van der Waals surface area contributed by atoms with E-state index in [0.717, 1.165) is 50.9 Å². The van der Waals surface area contributed by atoms with Crippen molar-refractivity contribution in [3.05, 3.63) is 17.5 Å². The molecule has 3 heterocycles. The van der Waals surface area contributed by atoms with Gasteiger partial charge in [0.05, 0.1) is 6.10 Å². The number of aromatic nitrogens is 2. The second-order valence-electron chi connectivity index (χ2n) is 6.78. The Morgan fingerprint density at radius 2 is 2.21 bits per heavy atom. The molecule has 2 saturated heterocycles. The van der Waals surface area contributed by atoms with Crippen LogP contribution in [0, 0.1) is 0 Å². The molecule has 2 aliphatic heterocycles. The molecule has 2 amide bonds. The zero-order chi connectivity index (χ0) is 16.9. The molecule has 3 rings (SSSR count). The predicted octanol–water partition coefficient (Wildman–Crippen LogP) is 1.56. The molecule has 132 valence electrons. The highest BCUT2D eigenvalue weighted by Crippen LogP contribution is 2.27. The van der Waals surface area contributed by atoms with Gasteiger partial charge in [-0.1, -0.05) is 0 Å². The van der Waals surface area contributed by atoms with Crippen LogP contribution in [0.3, 0.4) is 0 Å². The first-order valence-electron chi connectivity index (χ1n) is 8.88. The highest BCUT2D eigenvalue weighted by atomic mass is 16.5. The average molecular weight is 334 g/mol. The molecule has 3 N–H and O–H groups in total. The number of likely N-dealkylation sites (tertiary alicyclic amines) is 1. The number of carbonyl (C=O) groups excluding carboxylic acids is 2. The van der Waals surface area contributed by atoms with E-state index in [4.69, 9.17) is 10.5 Å². The van der Waals surface area contributed by atoms with Crippen molar-refractivity contribution in [3.8, 4) is 0 Å². The fourth-order valence-electron chi connectivity index (χ4n) is 3.61. The monoisotopic (exact) mass is 334 g/mol. The molecule has 0 radical (unpaired) electrons. The van der Waals surface area contributed by atoms with Gasteiger partial charge in [-0.25, -0.2) is 0 Å². The van der Waals surface area contributed by atoms with Gasteiger partial charge in [-0.15, -0.1) is 0 Å². The minimum absolute atomic E-state index is 0.189. The fraction of sp³-hybridized carbons (Fsp3) is 0.706. The number of carbonyl (C=O) groups is 2. The van der Waals surface area contributed by atoms with Crippen LogP contribution in [0.1, 0.15) is 67.0 Å². The number of nitrogens with one attached hydrogen (secondary N) is 1. The van der Waals surface area contributed by atoms with Gasteiger partial charge in [0.25, 0.3) is 5.91 Å². The Balaban J connectivity index is 1.52. The van der Waals surface area contributed by atoms with Gasteiger partial charge in [-0.05, 0) is 44.6 Å². The van der Waals surface area contributed by atoms with Crippen molar-refractivity contribution in [2.24, 2.45) is 5.73 Å². The van der Waals surface area contributed by atoms with Gasteiger partial charge in [0.15, 0.2) is 0 Å². The Morgan fingerprint density at radius 3 is 2.92 bits per heavy atom. The predicted molar refractivity (Wildman–Crippen MR) is 88.5 cm³/mol. The molecular weight excluding hydrogens is 308 g/mol. The van der Waals surface area contributed by atoms with E-state index in [2.05, 4.69) is 10.2 Å². The van der Waals surface area contributed by atoms with Crippen LogP contribution in [-0.2, 0) is 9.53 Å². The van der Waals surface area contributed by atoms with Crippen molar-refractivity contribution in [3.63, 3.8) is 0 Å². The van der Waals surface area contributed by atoms with Crippen LogP contribution in [-0.4, -0.2) is 52.7 Å². The fourth-order valence-corrected chi connectivity index (χ4v) is 3.61. The molecule has 24 heavy (non-hydrogen) atoms. The van der Waals surface area contributed by atoms with Crippen molar-refractivity contribution < 1.29 is 14.3 Å². The number of H-pyrrole nitrogens is 1. The average Bonchev–Trinajstić information content (AvgIpc) is 3.11. The lowest BCUT2D eigenvalue weighted by atomic mass is 9.94. The van der Waals surface area contributed by atoms with E-state index in [0.29, 0.717) is 13.0 Å². The molecular formula is C17H26N4O3. The minimum atomic E-state index is -0.534. The maximum atomic E-state index is 12.5. The number of primary amides is 1. The first kappa shape index (κ1) is 17.0. The van der Waals surface area contributed by atoms with Crippen molar-refractivity contribution in [2.75, 3.05) is 19.7 Å². The second kappa shape index (κ2) is 7.79. The van der Waals surface area contributed by atoms with Crippen molar-refractivity contribution in [1.82, 2.24) is 15.1 Å². The highest BCUT2D eigenvalue weighted by molar-refractivity contribution is 5.90. The quantitative estimate of drug-likeness (QED) is 0.853. The summed E-state index contributed by atoms with van der Waals surface area (Å²) in [7, 11) is 0. The van der Waals surface area contributed by atoms with Gasteiger partial charge in [-0.2, -0.15) is 5.10 Å².